The molecule has 1 saturated carbocycles. The predicted octanol–water partition coefficient (Wildman–Crippen LogP) is 7.04. The van der Waals surface area contributed by atoms with Gasteiger partial charge in [0, 0.05) is 47.7 Å². The van der Waals surface area contributed by atoms with Gasteiger partial charge in [-0.15, -0.1) is 0 Å². The van der Waals surface area contributed by atoms with E-state index in [9.17, 15) is 9.59 Å². The van der Waals surface area contributed by atoms with Crippen molar-refractivity contribution in [2.24, 2.45) is 5.92 Å². The first kappa shape index (κ1) is 30.0. The van der Waals surface area contributed by atoms with Crippen molar-refractivity contribution in [1.29, 1.82) is 0 Å². The van der Waals surface area contributed by atoms with Crippen molar-refractivity contribution in [3.8, 4) is 5.75 Å². The van der Waals surface area contributed by atoms with Crippen molar-refractivity contribution >= 4 is 51.8 Å². The smallest absolute Gasteiger partial charge is 0.341 e. The van der Waals surface area contributed by atoms with E-state index in [1.165, 1.54) is 20.3 Å². The molecule has 1 aliphatic carbocycles. The molecule has 1 amide bonds. The van der Waals surface area contributed by atoms with E-state index in [4.69, 9.17) is 37.7 Å². The molecule has 0 unspecified atom stereocenters. The molecule has 0 bridgehead atoms. The number of imidazole rings is 1. The van der Waals surface area contributed by atoms with E-state index in [1.807, 2.05) is 6.92 Å². The fourth-order valence-electron chi connectivity index (χ4n) is 7.56. The fraction of sp³-hybridized carbons (Fsp3) is 0.382. The molecule has 3 aliphatic rings. The Bertz CT molecular complexity index is 1840. The van der Waals surface area contributed by atoms with Gasteiger partial charge in [-0.25, -0.2) is 14.2 Å². The number of halogens is 3. The molecule has 7 rings (SSSR count). The number of carbonyl (C=O) groups is 2. The molecule has 4 atom stereocenters. The molecule has 2 aliphatic heterocycles. The predicted molar refractivity (Wildman–Crippen MR) is 171 cm³/mol. The van der Waals surface area contributed by atoms with Crippen LogP contribution >= 0.6 is 23.2 Å². The van der Waals surface area contributed by atoms with Gasteiger partial charge in [-0.05, 0) is 68.0 Å². The van der Waals surface area contributed by atoms with Crippen molar-refractivity contribution < 1.29 is 23.5 Å². The third kappa shape index (κ3) is 4.87. The number of hydrogen-bond acceptors (Lipinski definition) is 6. The second-order valence-corrected chi connectivity index (χ2v) is 13.2. The van der Waals surface area contributed by atoms with Gasteiger partial charge in [-0.3, -0.25) is 9.69 Å². The van der Waals surface area contributed by atoms with Gasteiger partial charge >= 0.3 is 5.97 Å². The van der Waals surface area contributed by atoms with E-state index in [2.05, 4.69) is 14.8 Å². The van der Waals surface area contributed by atoms with Gasteiger partial charge in [0.1, 0.15) is 28.5 Å². The Morgan fingerprint density at radius 3 is 2.58 bits per heavy atom. The van der Waals surface area contributed by atoms with Crippen LogP contribution in [0.4, 0.5) is 10.1 Å². The Morgan fingerprint density at radius 1 is 1.09 bits per heavy atom. The first-order valence-corrected chi connectivity index (χ1v) is 15.9. The van der Waals surface area contributed by atoms with E-state index >= 15 is 4.39 Å². The molecule has 4 aromatic rings. The average molecular weight is 652 g/mol. The van der Waals surface area contributed by atoms with Crippen molar-refractivity contribution in [2.75, 3.05) is 26.1 Å². The van der Waals surface area contributed by atoms with Crippen molar-refractivity contribution in [3.63, 3.8) is 0 Å². The molecule has 0 radical (unpaired) electrons. The Morgan fingerprint density at radius 2 is 1.87 bits per heavy atom. The Hall–Kier alpha value is -3.66. The number of fused-ring (bicyclic) bond motifs is 5. The monoisotopic (exact) mass is 650 g/mol. The third-order valence-corrected chi connectivity index (χ3v) is 10.4. The summed E-state index contributed by atoms with van der Waals surface area (Å²) in [6, 6.07) is 15.4. The molecule has 1 N–H and O–H groups in total. The Balaban J connectivity index is 1.44. The van der Waals surface area contributed by atoms with Gasteiger partial charge in [-0.1, -0.05) is 41.4 Å². The number of esters is 1. The van der Waals surface area contributed by atoms with Gasteiger partial charge in [0.05, 0.1) is 30.3 Å². The molecule has 1 aromatic heterocycles. The lowest BCUT2D eigenvalue weighted by atomic mass is 9.73. The highest BCUT2D eigenvalue weighted by atomic mass is 35.5. The number of anilines is 1. The maximum absolute atomic E-state index is 16.2. The van der Waals surface area contributed by atoms with E-state index in [-0.39, 0.29) is 28.5 Å². The zero-order valence-corrected chi connectivity index (χ0v) is 26.7. The van der Waals surface area contributed by atoms with Crippen LogP contribution in [0.15, 0.2) is 54.6 Å². The van der Waals surface area contributed by atoms with Gasteiger partial charge in [0.15, 0.2) is 0 Å². The van der Waals surface area contributed by atoms with Gasteiger partial charge in [-0.2, -0.15) is 0 Å². The molecular weight excluding hydrogens is 618 g/mol. The molecule has 3 heterocycles. The van der Waals surface area contributed by atoms with Crippen LogP contribution in [-0.4, -0.2) is 58.7 Å². The number of rotatable bonds is 7. The Labute approximate surface area is 270 Å². The van der Waals surface area contributed by atoms with Crippen LogP contribution in [0.5, 0.6) is 5.75 Å². The molecular formula is C34H33Cl2FN4O4. The summed E-state index contributed by atoms with van der Waals surface area (Å²) in [5.74, 6) is -0.753. The van der Waals surface area contributed by atoms with Crippen molar-refractivity contribution in [1.82, 2.24) is 14.5 Å². The number of nitrogens with zero attached hydrogens (tertiary/aromatic N) is 3. The highest BCUT2D eigenvalue weighted by molar-refractivity contribution is 6.31. The molecule has 1 saturated heterocycles. The van der Waals surface area contributed by atoms with Gasteiger partial charge < -0.3 is 19.4 Å². The summed E-state index contributed by atoms with van der Waals surface area (Å²) in [6.45, 7) is 3.26. The number of amides is 1. The summed E-state index contributed by atoms with van der Waals surface area (Å²) < 4.78 is 28.8. The van der Waals surface area contributed by atoms with Crippen LogP contribution in [0.25, 0.3) is 11.0 Å². The summed E-state index contributed by atoms with van der Waals surface area (Å²) >= 11 is 12.7. The van der Waals surface area contributed by atoms with Crippen LogP contribution in [-0.2, 0) is 16.1 Å². The quantitative estimate of drug-likeness (QED) is 0.216. The lowest BCUT2D eigenvalue weighted by Gasteiger charge is -2.40. The second kappa shape index (κ2) is 11.3. The molecule has 11 heteroatoms. The number of benzene rings is 3. The normalized spacial score (nSPS) is 24.3. The zero-order chi connectivity index (χ0) is 31.6. The molecule has 2 fully saturated rings. The van der Waals surface area contributed by atoms with E-state index < -0.39 is 23.2 Å². The number of carbonyl (C=O) groups excluding carboxylic acids is 2. The van der Waals surface area contributed by atoms with Crippen LogP contribution in [0.3, 0.4) is 0 Å². The van der Waals surface area contributed by atoms with E-state index in [0.717, 1.165) is 30.6 Å². The number of hydrogen-bond donors (Lipinski definition) is 1. The SMILES string of the molecule is COC(=O)c1cc2nc3n(c2cc1OC)CC[C@H]1[C@@H]3[C@H](c2cccc(Cl)c2F)[C@](C)(C(=O)Nc2cccc(Cl)c2)N1CC1CC1. The number of methoxy groups -OCH3 is 2. The van der Waals surface area contributed by atoms with Crippen LogP contribution in [0.1, 0.15) is 59.8 Å². The van der Waals surface area contributed by atoms with Crippen LogP contribution in [0, 0.1) is 11.7 Å². The Kier molecular flexibility index (Phi) is 7.54. The summed E-state index contributed by atoms with van der Waals surface area (Å²) in [5, 5.41) is 3.61. The summed E-state index contributed by atoms with van der Waals surface area (Å²) in [5.41, 5.74) is 1.42. The van der Waals surface area contributed by atoms with Crippen LogP contribution < -0.4 is 10.1 Å². The lowest BCUT2D eigenvalue weighted by molar-refractivity contribution is -0.127. The topological polar surface area (TPSA) is 85.7 Å². The molecule has 8 nitrogen and oxygen atoms in total. The zero-order valence-electron chi connectivity index (χ0n) is 25.1. The van der Waals surface area contributed by atoms with E-state index in [0.29, 0.717) is 46.5 Å². The molecule has 45 heavy (non-hydrogen) atoms. The highest BCUT2D eigenvalue weighted by Crippen LogP contribution is 2.58. The van der Waals surface area contributed by atoms with Crippen molar-refractivity contribution in [3.05, 3.63) is 87.4 Å². The minimum absolute atomic E-state index is 0.000870. The standard InChI is InChI=1S/C34H33Cl2FN4O4/c1-34(33(43)38-20-7-4-6-19(35)14-20)29(21-8-5-9-23(36)30(21)37)28-25(41(34)17-18-10-11-18)12-13-40-26-16-27(44-2)22(32(42)45-3)15-24(26)39-31(28)40/h4-9,14-16,18,25,28-29H,10-13,17H2,1-3H3,(H,38,43)/t25-,28+,29-,34+/m0/s1. The minimum atomic E-state index is -1.17. The molecule has 234 valence electrons. The second-order valence-electron chi connectivity index (χ2n) is 12.4. The van der Waals surface area contributed by atoms with Crippen LogP contribution in [0.2, 0.25) is 10.0 Å². The molecule has 0 spiro atoms. The summed E-state index contributed by atoms with van der Waals surface area (Å²) in [6.07, 6.45) is 2.89. The number of aromatic nitrogens is 2. The highest BCUT2D eigenvalue weighted by Gasteiger charge is 2.63. The van der Waals surface area contributed by atoms with Gasteiger partial charge in [0.2, 0.25) is 5.91 Å². The summed E-state index contributed by atoms with van der Waals surface area (Å²) in [4.78, 5) is 34.6. The first-order valence-electron chi connectivity index (χ1n) is 15.1. The number of ether oxygens (including phenoxy) is 2. The maximum atomic E-state index is 16.2. The maximum Gasteiger partial charge on any atom is 0.341 e. The number of aryl methyl sites for hydroxylation is 1. The fourth-order valence-corrected chi connectivity index (χ4v) is 7.93. The largest absolute Gasteiger partial charge is 0.496 e. The molecule has 3 aromatic carbocycles. The first-order chi connectivity index (χ1) is 21.6. The number of nitrogens with one attached hydrogen (secondary N) is 1. The third-order valence-electron chi connectivity index (χ3n) is 9.84. The van der Waals surface area contributed by atoms with E-state index in [1.54, 1.807) is 48.5 Å². The summed E-state index contributed by atoms with van der Waals surface area (Å²) in [7, 11) is 2.83. The van der Waals surface area contributed by atoms with Gasteiger partial charge in [0.25, 0.3) is 0 Å². The van der Waals surface area contributed by atoms with Crippen molar-refractivity contribution in [2.45, 2.75) is 56.1 Å². The minimum Gasteiger partial charge on any atom is -0.496 e. The average Bonchev–Trinajstić information content (AvgIpc) is 3.73. The lowest BCUT2D eigenvalue weighted by Crippen LogP contribution is -2.56. The number of likely N-dealkylation sites (tertiary alicyclic amines) is 1.